The van der Waals surface area contributed by atoms with Crippen LogP contribution in [0.25, 0.3) is 49.4 Å². The standard InChI is InChI=1S/C37H31N3.C12H10N.Ir/c1-23(2)26-12-9-13-27(24(3)4)36(26)39-22-38(34-17-7-8-18-35(34)39)25-19-20-33-31(21-25)30-15-10-14-29-28-11-5-6-16-32(28)40(33)37(29)30;1-10-7-8-12(13-9-10)11-5-3-2-4-6-11;/h5-18,20-24H,1-4H3;2-5,7-9H,1H3;/q-2;-1;+3. The minimum absolute atomic E-state index is 0. The van der Waals surface area contributed by atoms with Crippen molar-refractivity contribution in [3.63, 3.8) is 0 Å². The first-order valence-corrected chi connectivity index (χ1v) is 18.5. The topological polar surface area (TPSA) is 23.8 Å². The van der Waals surface area contributed by atoms with Crippen molar-refractivity contribution in [2.75, 3.05) is 9.80 Å². The summed E-state index contributed by atoms with van der Waals surface area (Å²) in [5.41, 5.74) is 14.4. The zero-order chi connectivity index (χ0) is 36.2. The van der Waals surface area contributed by atoms with Gasteiger partial charge in [0, 0.05) is 45.1 Å². The van der Waals surface area contributed by atoms with Gasteiger partial charge in [0.2, 0.25) is 0 Å². The molecule has 0 bridgehead atoms. The van der Waals surface area contributed by atoms with Crippen LogP contribution in [0.4, 0.5) is 22.7 Å². The molecule has 4 nitrogen and oxygen atoms in total. The van der Waals surface area contributed by atoms with Crippen LogP contribution in [0.2, 0.25) is 0 Å². The SMILES string of the molecule is CC(C)c1cccc(C(C)C)c1N1[CH-]N(c2[c-]cc3c(c2)c2cccc4c5ccccc5n3c24)c2ccccc21.Cc1ccc(-c2[c-]cccc2)nc1.[Ir+3]. The van der Waals surface area contributed by atoms with Crippen LogP contribution in [-0.4, -0.2) is 9.38 Å². The van der Waals surface area contributed by atoms with Crippen molar-refractivity contribution in [1.29, 1.82) is 0 Å². The summed E-state index contributed by atoms with van der Waals surface area (Å²) in [5, 5.41) is 5.16. The smallest absolute Gasteiger partial charge is 0.493 e. The van der Waals surface area contributed by atoms with Gasteiger partial charge in [0.1, 0.15) is 0 Å². The summed E-state index contributed by atoms with van der Waals surface area (Å²) >= 11 is 0. The monoisotopic (exact) mass is 878 g/mol. The predicted octanol–water partition coefficient (Wildman–Crippen LogP) is 13.1. The Bertz CT molecular complexity index is 2700. The molecule has 54 heavy (non-hydrogen) atoms. The number of aryl methyl sites for hydroxylation is 1. The van der Waals surface area contributed by atoms with Crippen LogP contribution in [0.15, 0.2) is 140 Å². The molecule has 1 aliphatic rings. The second kappa shape index (κ2) is 14.4. The van der Waals surface area contributed by atoms with Crippen molar-refractivity contribution in [3.05, 3.63) is 175 Å². The molecular weight excluding hydrogens is 837 g/mol. The van der Waals surface area contributed by atoms with Crippen LogP contribution < -0.4 is 9.80 Å². The van der Waals surface area contributed by atoms with Gasteiger partial charge in [-0.2, -0.15) is 12.1 Å². The normalized spacial score (nSPS) is 12.6. The molecule has 0 radical (unpaired) electrons. The quantitative estimate of drug-likeness (QED) is 0.161. The second-order valence-corrected chi connectivity index (χ2v) is 14.6. The molecule has 0 amide bonds. The van der Waals surface area contributed by atoms with Crippen molar-refractivity contribution in [3.8, 4) is 11.3 Å². The molecular formula is C49H41IrN4. The zero-order valence-electron chi connectivity index (χ0n) is 31.1. The number of rotatable bonds is 5. The molecule has 1 aliphatic heterocycles. The van der Waals surface area contributed by atoms with E-state index < -0.39 is 0 Å². The number of nitrogens with zero attached hydrogens (tertiary/aromatic N) is 4. The minimum Gasteiger partial charge on any atom is -0.493 e. The third-order valence-corrected chi connectivity index (χ3v) is 10.5. The number of pyridine rings is 1. The fourth-order valence-corrected chi connectivity index (χ4v) is 7.95. The molecule has 3 aromatic heterocycles. The van der Waals surface area contributed by atoms with Crippen molar-refractivity contribution in [2.45, 2.75) is 46.5 Å². The summed E-state index contributed by atoms with van der Waals surface area (Å²) in [4.78, 5) is 9.03. The van der Waals surface area contributed by atoms with Crippen LogP contribution in [0.1, 0.15) is 56.2 Å². The van der Waals surface area contributed by atoms with Crippen LogP contribution in [-0.2, 0) is 20.1 Å². The third kappa shape index (κ3) is 5.93. The summed E-state index contributed by atoms with van der Waals surface area (Å²) in [6.07, 6.45) is 1.87. The fraction of sp³-hybridized carbons (Fsp3) is 0.143. The Hall–Kier alpha value is -5.48. The molecule has 0 saturated heterocycles. The molecule has 6 aromatic carbocycles. The van der Waals surface area contributed by atoms with Gasteiger partial charge in [-0.3, -0.25) is 0 Å². The Kier molecular flexibility index (Phi) is 9.48. The number of anilines is 4. The van der Waals surface area contributed by atoms with Gasteiger partial charge in [-0.05, 0) is 64.7 Å². The van der Waals surface area contributed by atoms with E-state index in [1.165, 1.54) is 71.8 Å². The van der Waals surface area contributed by atoms with Crippen molar-refractivity contribution < 1.29 is 20.1 Å². The average Bonchev–Trinajstić information content (AvgIpc) is 3.86. The van der Waals surface area contributed by atoms with Gasteiger partial charge in [-0.25, -0.2) is 0 Å². The maximum absolute atomic E-state index is 4.32. The van der Waals surface area contributed by atoms with Gasteiger partial charge in [-0.1, -0.05) is 112 Å². The maximum atomic E-state index is 4.32. The Balaban J connectivity index is 0.000000251. The summed E-state index contributed by atoms with van der Waals surface area (Å²) in [6.45, 7) is 13.5. The van der Waals surface area contributed by atoms with E-state index in [-0.39, 0.29) is 20.1 Å². The molecule has 0 saturated carbocycles. The second-order valence-electron chi connectivity index (χ2n) is 14.6. The Morgan fingerprint density at radius 1 is 0.611 bits per heavy atom. The fourth-order valence-electron chi connectivity index (χ4n) is 7.95. The van der Waals surface area contributed by atoms with E-state index in [0.29, 0.717) is 11.8 Å². The number of hydrogen-bond donors (Lipinski definition) is 0. The van der Waals surface area contributed by atoms with Gasteiger partial charge >= 0.3 is 20.1 Å². The molecule has 5 heteroatoms. The maximum Gasteiger partial charge on any atom is 3.00 e. The molecule has 0 atom stereocenters. The van der Waals surface area contributed by atoms with E-state index in [0.717, 1.165) is 16.9 Å². The van der Waals surface area contributed by atoms with Gasteiger partial charge in [0.25, 0.3) is 0 Å². The molecule has 266 valence electrons. The van der Waals surface area contributed by atoms with Gasteiger partial charge in [0.05, 0.1) is 0 Å². The summed E-state index contributed by atoms with van der Waals surface area (Å²) < 4.78 is 2.41. The third-order valence-electron chi connectivity index (χ3n) is 10.5. The van der Waals surface area contributed by atoms with E-state index in [2.05, 4.69) is 169 Å². The van der Waals surface area contributed by atoms with Crippen LogP contribution in [0.3, 0.4) is 0 Å². The van der Waals surface area contributed by atoms with Gasteiger partial charge in [-0.15, -0.1) is 59.7 Å². The Morgan fingerprint density at radius 3 is 1.94 bits per heavy atom. The molecule has 0 spiro atoms. The first-order chi connectivity index (χ1) is 25.9. The summed E-state index contributed by atoms with van der Waals surface area (Å²) in [7, 11) is 0. The predicted molar refractivity (Wildman–Crippen MR) is 223 cm³/mol. The van der Waals surface area contributed by atoms with E-state index in [1.807, 2.05) is 43.5 Å². The number of hydrogen-bond acceptors (Lipinski definition) is 3. The molecule has 0 unspecified atom stereocenters. The zero-order valence-corrected chi connectivity index (χ0v) is 33.5. The number of fused-ring (bicyclic) bond motifs is 7. The van der Waals surface area contributed by atoms with Gasteiger partial charge in [0.15, 0.2) is 0 Å². The van der Waals surface area contributed by atoms with Crippen molar-refractivity contribution >= 4 is 60.8 Å². The van der Waals surface area contributed by atoms with E-state index in [1.54, 1.807) is 0 Å². The molecule has 9 aromatic rings. The van der Waals surface area contributed by atoms with E-state index >= 15 is 0 Å². The minimum atomic E-state index is 0. The first kappa shape index (κ1) is 35.5. The number of benzene rings is 6. The summed E-state index contributed by atoms with van der Waals surface area (Å²) in [6, 6.07) is 54.2. The Morgan fingerprint density at radius 2 is 1.26 bits per heavy atom. The van der Waals surface area contributed by atoms with Gasteiger partial charge < -0.3 is 19.2 Å². The summed E-state index contributed by atoms with van der Waals surface area (Å²) in [5.74, 6) is 0.833. The number of para-hydroxylation sites is 5. The van der Waals surface area contributed by atoms with E-state index in [9.17, 15) is 0 Å². The first-order valence-electron chi connectivity index (χ1n) is 18.5. The van der Waals surface area contributed by atoms with Crippen LogP contribution in [0, 0.1) is 25.7 Å². The van der Waals surface area contributed by atoms with Crippen LogP contribution >= 0.6 is 0 Å². The van der Waals surface area contributed by atoms with Crippen molar-refractivity contribution in [1.82, 2.24) is 9.38 Å². The molecule has 0 N–H and O–H groups in total. The molecule has 4 heterocycles. The van der Waals surface area contributed by atoms with Crippen LogP contribution in [0.5, 0.6) is 0 Å². The van der Waals surface area contributed by atoms with E-state index in [4.69, 9.17) is 0 Å². The largest absolute Gasteiger partial charge is 3.00 e. The number of aromatic nitrogens is 2. The van der Waals surface area contributed by atoms with Crippen molar-refractivity contribution in [2.24, 2.45) is 0 Å². The molecule has 10 rings (SSSR count). The average molecular weight is 878 g/mol. The Labute approximate surface area is 331 Å². The molecule has 0 fully saturated rings. The molecule has 0 aliphatic carbocycles.